The Kier molecular flexibility index (Phi) is 4.65. The van der Waals surface area contributed by atoms with Gasteiger partial charge in [-0.15, -0.1) is 0 Å². The predicted octanol–water partition coefficient (Wildman–Crippen LogP) is 4.04. The third-order valence-corrected chi connectivity index (χ3v) is 4.25. The third-order valence-electron chi connectivity index (χ3n) is 4.25. The molecular weight excluding hydrogens is 319 g/mol. The zero-order valence-corrected chi connectivity index (χ0v) is 14.1. The number of nitrogens with zero attached hydrogens (tertiary/aromatic N) is 1. The van der Waals surface area contributed by atoms with E-state index in [1.54, 1.807) is 25.3 Å². The van der Waals surface area contributed by atoms with Crippen LogP contribution in [0.5, 0.6) is 0 Å². The SMILES string of the molecule is CC(=O)N1C=Cc2ccccc2[C@H]1CC(=O)Nc1ccc(C)cc1F. The molecule has 1 aliphatic rings. The van der Waals surface area contributed by atoms with E-state index in [2.05, 4.69) is 5.32 Å². The summed E-state index contributed by atoms with van der Waals surface area (Å²) in [5, 5.41) is 2.60. The van der Waals surface area contributed by atoms with Crippen LogP contribution < -0.4 is 5.32 Å². The van der Waals surface area contributed by atoms with Gasteiger partial charge < -0.3 is 10.2 Å². The molecule has 2 aromatic rings. The number of anilines is 1. The number of hydrogen-bond acceptors (Lipinski definition) is 2. The number of nitrogens with one attached hydrogen (secondary N) is 1. The molecule has 2 amide bonds. The molecular formula is C20H19FN2O2. The molecule has 25 heavy (non-hydrogen) atoms. The Morgan fingerprint density at radius 2 is 1.96 bits per heavy atom. The Balaban J connectivity index is 1.82. The number of carbonyl (C=O) groups excluding carboxylic acids is 2. The van der Waals surface area contributed by atoms with Gasteiger partial charge in [-0.2, -0.15) is 0 Å². The summed E-state index contributed by atoms with van der Waals surface area (Å²) in [6, 6.07) is 11.9. The largest absolute Gasteiger partial charge is 0.324 e. The van der Waals surface area contributed by atoms with E-state index in [0.717, 1.165) is 16.7 Å². The molecule has 128 valence electrons. The predicted molar refractivity (Wildman–Crippen MR) is 95.1 cm³/mol. The van der Waals surface area contributed by atoms with Crippen molar-refractivity contribution in [3.05, 3.63) is 71.2 Å². The van der Waals surface area contributed by atoms with Crippen LogP contribution >= 0.6 is 0 Å². The van der Waals surface area contributed by atoms with Crippen molar-refractivity contribution < 1.29 is 14.0 Å². The molecule has 0 spiro atoms. The van der Waals surface area contributed by atoms with Gasteiger partial charge in [-0.05, 0) is 41.8 Å². The second kappa shape index (κ2) is 6.89. The molecule has 1 aliphatic heterocycles. The average Bonchev–Trinajstić information content (AvgIpc) is 2.57. The van der Waals surface area contributed by atoms with Crippen LogP contribution in [0.25, 0.3) is 6.08 Å². The number of amides is 2. The van der Waals surface area contributed by atoms with E-state index in [9.17, 15) is 14.0 Å². The monoisotopic (exact) mass is 338 g/mol. The van der Waals surface area contributed by atoms with Gasteiger partial charge in [-0.1, -0.05) is 30.3 Å². The van der Waals surface area contributed by atoms with Crippen molar-refractivity contribution in [1.29, 1.82) is 0 Å². The lowest BCUT2D eigenvalue weighted by Gasteiger charge is -2.32. The highest BCUT2D eigenvalue weighted by atomic mass is 19.1. The molecule has 5 heteroatoms. The molecule has 0 aliphatic carbocycles. The zero-order valence-electron chi connectivity index (χ0n) is 14.1. The minimum Gasteiger partial charge on any atom is -0.324 e. The maximum absolute atomic E-state index is 13.9. The lowest BCUT2D eigenvalue weighted by molar-refractivity contribution is -0.129. The van der Waals surface area contributed by atoms with Crippen LogP contribution in [0, 0.1) is 12.7 Å². The van der Waals surface area contributed by atoms with Gasteiger partial charge >= 0.3 is 0 Å². The summed E-state index contributed by atoms with van der Waals surface area (Å²) in [5.74, 6) is -0.963. The minimum atomic E-state index is -0.472. The van der Waals surface area contributed by atoms with E-state index < -0.39 is 11.9 Å². The van der Waals surface area contributed by atoms with Crippen molar-refractivity contribution in [3.8, 4) is 0 Å². The molecule has 2 aromatic carbocycles. The van der Waals surface area contributed by atoms with Gasteiger partial charge in [0, 0.05) is 13.1 Å². The smallest absolute Gasteiger partial charge is 0.226 e. The minimum absolute atomic E-state index is 0.0499. The maximum atomic E-state index is 13.9. The molecule has 0 unspecified atom stereocenters. The quantitative estimate of drug-likeness (QED) is 0.918. The van der Waals surface area contributed by atoms with E-state index in [1.165, 1.54) is 17.9 Å². The Labute approximate surface area is 146 Å². The lowest BCUT2D eigenvalue weighted by Crippen LogP contribution is -2.33. The van der Waals surface area contributed by atoms with Gasteiger partial charge in [0.05, 0.1) is 18.2 Å². The van der Waals surface area contributed by atoms with Gasteiger partial charge in [0.1, 0.15) is 5.82 Å². The van der Waals surface area contributed by atoms with E-state index in [0.29, 0.717) is 0 Å². The summed E-state index contributed by atoms with van der Waals surface area (Å²) >= 11 is 0. The van der Waals surface area contributed by atoms with Crippen LogP contribution in [-0.2, 0) is 9.59 Å². The van der Waals surface area contributed by atoms with Crippen molar-refractivity contribution in [1.82, 2.24) is 4.90 Å². The molecule has 0 fully saturated rings. The molecule has 0 bridgehead atoms. The number of aryl methyl sites for hydroxylation is 1. The first-order valence-corrected chi connectivity index (χ1v) is 8.08. The summed E-state index contributed by atoms with van der Waals surface area (Å²) < 4.78 is 13.9. The maximum Gasteiger partial charge on any atom is 0.226 e. The first-order valence-electron chi connectivity index (χ1n) is 8.08. The number of hydrogen-bond donors (Lipinski definition) is 1. The molecule has 0 saturated heterocycles. The lowest BCUT2D eigenvalue weighted by atomic mass is 9.93. The fourth-order valence-electron chi connectivity index (χ4n) is 3.01. The normalized spacial score (nSPS) is 15.6. The number of fused-ring (bicyclic) bond motifs is 1. The molecule has 4 nitrogen and oxygen atoms in total. The van der Waals surface area contributed by atoms with Crippen molar-refractivity contribution in [2.24, 2.45) is 0 Å². The highest BCUT2D eigenvalue weighted by Gasteiger charge is 2.28. The molecule has 0 aromatic heterocycles. The number of rotatable bonds is 3. The number of carbonyl (C=O) groups is 2. The average molecular weight is 338 g/mol. The molecule has 1 atom stereocenters. The fourth-order valence-corrected chi connectivity index (χ4v) is 3.01. The highest BCUT2D eigenvalue weighted by molar-refractivity contribution is 5.92. The Hall–Kier alpha value is -2.95. The van der Waals surface area contributed by atoms with Crippen LogP contribution in [0.2, 0.25) is 0 Å². The van der Waals surface area contributed by atoms with Crippen LogP contribution in [-0.4, -0.2) is 16.7 Å². The van der Waals surface area contributed by atoms with Crippen LogP contribution in [0.4, 0.5) is 10.1 Å². The fraction of sp³-hybridized carbons (Fsp3) is 0.200. The zero-order chi connectivity index (χ0) is 18.0. The Bertz CT molecular complexity index is 861. The molecule has 1 heterocycles. The number of halogens is 1. The molecule has 0 saturated carbocycles. The van der Waals surface area contributed by atoms with Crippen molar-refractivity contribution in [2.75, 3.05) is 5.32 Å². The Morgan fingerprint density at radius 3 is 2.68 bits per heavy atom. The van der Waals surface area contributed by atoms with E-state index in [-0.39, 0.29) is 23.9 Å². The first kappa shape index (κ1) is 16.9. The number of benzene rings is 2. The van der Waals surface area contributed by atoms with E-state index in [4.69, 9.17) is 0 Å². The molecule has 3 rings (SSSR count). The summed E-state index contributed by atoms with van der Waals surface area (Å²) in [4.78, 5) is 25.9. The van der Waals surface area contributed by atoms with Gasteiger partial charge in [0.15, 0.2) is 0 Å². The van der Waals surface area contributed by atoms with Crippen molar-refractivity contribution in [3.63, 3.8) is 0 Å². The summed E-state index contributed by atoms with van der Waals surface area (Å²) in [6.45, 7) is 3.24. The summed E-state index contributed by atoms with van der Waals surface area (Å²) in [7, 11) is 0. The van der Waals surface area contributed by atoms with E-state index >= 15 is 0 Å². The van der Waals surface area contributed by atoms with Crippen molar-refractivity contribution in [2.45, 2.75) is 26.3 Å². The van der Waals surface area contributed by atoms with Gasteiger partial charge in [0.25, 0.3) is 0 Å². The molecule has 0 radical (unpaired) electrons. The third kappa shape index (κ3) is 3.60. The second-order valence-electron chi connectivity index (χ2n) is 6.12. The first-order chi connectivity index (χ1) is 12.0. The topological polar surface area (TPSA) is 49.4 Å². The van der Waals surface area contributed by atoms with Crippen LogP contribution in [0.15, 0.2) is 48.7 Å². The Morgan fingerprint density at radius 1 is 1.20 bits per heavy atom. The van der Waals surface area contributed by atoms with E-state index in [1.807, 2.05) is 30.3 Å². The van der Waals surface area contributed by atoms with Gasteiger partial charge in [-0.25, -0.2) is 4.39 Å². The van der Waals surface area contributed by atoms with Crippen molar-refractivity contribution >= 4 is 23.6 Å². The summed E-state index contributed by atoms with van der Waals surface area (Å²) in [5.41, 5.74) is 2.80. The van der Waals surface area contributed by atoms with Crippen LogP contribution in [0.1, 0.15) is 36.1 Å². The standard InChI is InChI=1S/C20H19FN2O2/c1-13-7-8-18(17(21)11-13)22-20(25)12-19-16-6-4-3-5-15(16)9-10-23(19)14(2)24/h3-11,19H,12H2,1-2H3,(H,22,25)/t19-/m1/s1. The summed E-state index contributed by atoms with van der Waals surface area (Å²) in [6.07, 6.45) is 3.59. The van der Waals surface area contributed by atoms with Gasteiger partial charge in [0.2, 0.25) is 11.8 Å². The second-order valence-corrected chi connectivity index (χ2v) is 6.12. The highest BCUT2D eigenvalue weighted by Crippen LogP contribution is 2.33. The molecule has 1 N–H and O–H groups in total. The van der Waals surface area contributed by atoms with Crippen LogP contribution in [0.3, 0.4) is 0 Å². The van der Waals surface area contributed by atoms with Gasteiger partial charge in [-0.3, -0.25) is 9.59 Å².